The van der Waals surface area contributed by atoms with Gasteiger partial charge in [0.15, 0.2) is 0 Å². The van der Waals surface area contributed by atoms with Crippen molar-refractivity contribution in [2.24, 2.45) is 5.92 Å². The van der Waals surface area contributed by atoms with Crippen LogP contribution < -0.4 is 10.1 Å². The highest BCUT2D eigenvalue weighted by atomic mass is 16.5. The molecule has 2 aliphatic carbocycles. The predicted molar refractivity (Wildman–Crippen MR) is 99.8 cm³/mol. The summed E-state index contributed by atoms with van der Waals surface area (Å²) < 4.78 is 5.72. The van der Waals surface area contributed by atoms with Crippen molar-refractivity contribution in [1.82, 2.24) is 5.32 Å². The maximum atomic E-state index is 12.5. The van der Waals surface area contributed by atoms with Crippen LogP contribution in [0.25, 0.3) is 0 Å². The van der Waals surface area contributed by atoms with Crippen molar-refractivity contribution >= 4 is 12.2 Å². The van der Waals surface area contributed by atoms with E-state index in [2.05, 4.69) is 5.32 Å². The van der Waals surface area contributed by atoms with Crippen LogP contribution in [0, 0.1) is 5.92 Å². The third-order valence-electron chi connectivity index (χ3n) is 5.23. The summed E-state index contributed by atoms with van der Waals surface area (Å²) in [6.45, 7) is 0.777. The molecule has 0 aromatic heterocycles. The molecule has 0 saturated heterocycles. The van der Waals surface area contributed by atoms with Crippen LogP contribution in [-0.2, 0) is 12.8 Å². The normalized spacial score (nSPS) is 18.7. The van der Waals surface area contributed by atoms with Gasteiger partial charge < -0.3 is 10.1 Å². The minimum atomic E-state index is -0.0447. The Morgan fingerprint density at radius 2 is 1.88 bits per heavy atom. The monoisotopic (exact) mass is 349 g/mol. The average Bonchev–Trinajstić information content (AvgIpc) is 3.51. The fraction of sp³-hybridized carbons (Fsp3) is 0.364. The molecule has 0 bridgehead atoms. The van der Waals surface area contributed by atoms with Gasteiger partial charge in [0.25, 0.3) is 5.91 Å². The molecule has 1 amide bonds. The lowest BCUT2D eigenvalue weighted by molar-refractivity contribution is 0.0933. The van der Waals surface area contributed by atoms with Crippen molar-refractivity contribution in [3.63, 3.8) is 0 Å². The van der Waals surface area contributed by atoms with E-state index in [1.54, 1.807) is 0 Å². The van der Waals surface area contributed by atoms with E-state index in [-0.39, 0.29) is 11.9 Å². The average molecular weight is 349 g/mol. The van der Waals surface area contributed by atoms with E-state index in [1.807, 2.05) is 42.5 Å². The van der Waals surface area contributed by atoms with Gasteiger partial charge in [-0.1, -0.05) is 12.1 Å². The van der Waals surface area contributed by atoms with Gasteiger partial charge in [-0.25, -0.2) is 0 Å². The highest BCUT2D eigenvalue weighted by molar-refractivity contribution is 5.94. The van der Waals surface area contributed by atoms with E-state index >= 15 is 0 Å². The zero-order valence-corrected chi connectivity index (χ0v) is 14.7. The first-order valence-electron chi connectivity index (χ1n) is 9.32. The molecule has 2 aliphatic rings. The number of fused-ring (bicyclic) bond motifs is 1. The van der Waals surface area contributed by atoms with E-state index in [0.717, 1.165) is 49.4 Å². The van der Waals surface area contributed by atoms with Gasteiger partial charge in [0.2, 0.25) is 0 Å². The molecule has 1 saturated carbocycles. The van der Waals surface area contributed by atoms with Crippen molar-refractivity contribution in [3.05, 3.63) is 64.7 Å². The lowest BCUT2D eigenvalue weighted by Gasteiger charge is -2.25. The third kappa shape index (κ3) is 3.96. The molecule has 2 aromatic rings. The number of aldehydes is 1. The van der Waals surface area contributed by atoms with Crippen molar-refractivity contribution < 1.29 is 14.3 Å². The van der Waals surface area contributed by atoms with Crippen molar-refractivity contribution in [1.29, 1.82) is 0 Å². The molecule has 26 heavy (non-hydrogen) atoms. The molecule has 4 heteroatoms. The molecule has 1 unspecified atom stereocenters. The summed E-state index contributed by atoms with van der Waals surface area (Å²) in [7, 11) is 0. The molecule has 0 spiro atoms. The maximum Gasteiger partial charge on any atom is 0.251 e. The second-order valence-corrected chi connectivity index (χ2v) is 7.34. The third-order valence-corrected chi connectivity index (χ3v) is 5.23. The molecule has 0 heterocycles. The van der Waals surface area contributed by atoms with Crippen LogP contribution >= 0.6 is 0 Å². The number of hydrogen-bond acceptors (Lipinski definition) is 3. The van der Waals surface area contributed by atoms with Crippen molar-refractivity contribution in [2.45, 2.75) is 38.1 Å². The van der Waals surface area contributed by atoms with Gasteiger partial charge in [-0.3, -0.25) is 9.59 Å². The summed E-state index contributed by atoms with van der Waals surface area (Å²) in [6.07, 6.45) is 6.00. The summed E-state index contributed by atoms with van der Waals surface area (Å²) in [5.74, 6) is 1.50. The van der Waals surface area contributed by atoms with Crippen LogP contribution in [0.2, 0.25) is 0 Å². The van der Waals surface area contributed by atoms with Crippen LogP contribution in [-0.4, -0.2) is 24.8 Å². The number of carbonyl (C=O) groups excluding carboxylic acids is 2. The number of aryl methyl sites for hydroxylation is 1. The van der Waals surface area contributed by atoms with Gasteiger partial charge in [-0.2, -0.15) is 0 Å². The standard InChI is InChI=1S/C22H23NO3/c24-13-16-3-4-19-12-20(8-5-18(19)11-16)23-22(25)17-6-9-21(10-7-17)26-14-15-1-2-15/h3-4,6-7,9-11,13,15,20H,1-2,5,8,12,14H2,(H,23,25). The molecule has 1 fully saturated rings. The smallest absolute Gasteiger partial charge is 0.251 e. The topological polar surface area (TPSA) is 55.4 Å². The number of amides is 1. The Bertz CT molecular complexity index is 809. The molecular weight excluding hydrogens is 326 g/mol. The highest BCUT2D eigenvalue weighted by Crippen LogP contribution is 2.29. The quantitative estimate of drug-likeness (QED) is 0.811. The van der Waals surface area contributed by atoms with Crippen LogP contribution in [0.1, 0.15) is 51.1 Å². The number of hydrogen-bond donors (Lipinski definition) is 1. The second kappa shape index (κ2) is 7.32. The molecule has 0 aliphatic heterocycles. The molecule has 1 atom stereocenters. The Balaban J connectivity index is 1.34. The van der Waals surface area contributed by atoms with Crippen LogP contribution in [0.5, 0.6) is 5.75 Å². The van der Waals surface area contributed by atoms with E-state index in [9.17, 15) is 9.59 Å². The first-order valence-corrected chi connectivity index (χ1v) is 9.32. The summed E-state index contributed by atoms with van der Waals surface area (Å²) in [5.41, 5.74) is 3.81. The van der Waals surface area contributed by atoms with E-state index < -0.39 is 0 Å². The molecule has 4 rings (SSSR count). The van der Waals surface area contributed by atoms with E-state index in [0.29, 0.717) is 5.56 Å². The summed E-state index contributed by atoms with van der Waals surface area (Å²) >= 11 is 0. The maximum absolute atomic E-state index is 12.5. The van der Waals surface area contributed by atoms with Crippen molar-refractivity contribution in [2.75, 3.05) is 6.61 Å². The minimum absolute atomic E-state index is 0.0447. The minimum Gasteiger partial charge on any atom is -0.493 e. The van der Waals surface area contributed by atoms with Gasteiger partial charge in [0.1, 0.15) is 12.0 Å². The molecule has 134 valence electrons. The molecule has 2 aromatic carbocycles. The van der Waals surface area contributed by atoms with Gasteiger partial charge >= 0.3 is 0 Å². The number of rotatable bonds is 6. The zero-order chi connectivity index (χ0) is 17.9. The lowest BCUT2D eigenvalue weighted by atomic mass is 9.87. The van der Waals surface area contributed by atoms with E-state index in [1.165, 1.54) is 24.0 Å². The lowest BCUT2D eigenvalue weighted by Crippen LogP contribution is -2.38. The number of benzene rings is 2. The van der Waals surface area contributed by atoms with Crippen LogP contribution in [0.3, 0.4) is 0 Å². The first kappa shape index (κ1) is 16.8. The fourth-order valence-electron chi connectivity index (χ4n) is 3.44. The first-order chi connectivity index (χ1) is 12.7. The molecule has 4 nitrogen and oxygen atoms in total. The second-order valence-electron chi connectivity index (χ2n) is 7.34. The van der Waals surface area contributed by atoms with Gasteiger partial charge in [0, 0.05) is 17.2 Å². The molecule has 1 N–H and O–H groups in total. The predicted octanol–water partition coefficient (Wildman–Crippen LogP) is 3.58. The molecular formula is C22H23NO3. The zero-order valence-electron chi connectivity index (χ0n) is 14.7. The summed E-state index contributed by atoms with van der Waals surface area (Å²) in [6, 6.07) is 13.3. The fourth-order valence-corrected chi connectivity index (χ4v) is 3.44. The summed E-state index contributed by atoms with van der Waals surface area (Å²) in [4.78, 5) is 23.4. The van der Waals surface area contributed by atoms with Crippen LogP contribution in [0.15, 0.2) is 42.5 Å². The SMILES string of the molecule is O=Cc1ccc2c(c1)CCC(NC(=O)c1ccc(OCC3CC3)cc1)C2. The largest absolute Gasteiger partial charge is 0.493 e. The number of nitrogens with one attached hydrogen (secondary N) is 1. The van der Waals surface area contributed by atoms with Gasteiger partial charge in [-0.15, -0.1) is 0 Å². The van der Waals surface area contributed by atoms with Gasteiger partial charge in [0.05, 0.1) is 6.61 Å². The summed E-state index contributed by atoms with van der Waals surface area (Å²) in [5, 5.41) is 3.14. The van der Waals surface area contributed by atoms with Gasteiger partial charge in [-0.05, 0) is 79.5 Å². The Hall–Kier alpha value is -2.62. The Kier molecular flexibility index (Phi) is 4.74. The number of carbonyl (C=O) groups is 2. The Morgan fingerprint density at radius 3 is 2.62 bits per heavy atom. The van der Waals surface area contributed by atoms with Crippen molar-refractivity contribution in [3.8, 4) is 5.75 Å². The molecule has 0 radical (unpaired) electrons. The van der Waals surface area contributed by atoms with E-state index in [4.69, 9.17) is 4.74 Å². The Labute approximate surface area is 153 Å². The highest BCUT2D eigenvalue weighted by Gasteiger charge is 2.22. The van der Waals surface area contributed by atoms with Crippen LogP contribution in [0.4, 0.5) is 0 Å². The number of ether oxygens (including phenoxy) is 1. The Morgan fingerprint density at radius 1 is 1.08 bits per heavy atom.